The molecule has 2 aromatic carbocycles. The van der Waals surface area contributed by atoms with E-state index in [1.165, 1.54) is 0 Å². The molecule has 0 aliphatic carbocycles. The summed E-state index contributed by atoms with van der Waals surface area (Å²) in [7, 11) is 0. The Labute approximate surface area is 123 Å². The van der Waals surface area contributed by atoms with Crippen LogP contribution in [0.3, 0.4) is 0 Å². The molecule has 1 atom stereocenters. The van der Waals surface area contributed by atoms with E-state index in [0.717, 1.165) is 5.56 Å². The minimum atomic E-state index is -0.515. The number of hydrogen-bond acceptors (Lipinski definition) is 4. The van der Waals surface area contributed by atoms with Crippen LogP contribution in [0.1, 0.15) is 18.1 Å². The highest BCUT2D eigenvalue weighted by molar-refractivity contribution is 5.40. The van der Waals surface area contributed by atoms with Crippen LogP contribution in [0.2, 0.25) is 0 Å². The van der Waals surface area contributed by atoms with Gasteiger partial charge in [-0.05, 0) is 23.8 Å². The van der Waals surface area contributed by atoms with Crippen molar-refractivity contribution in [2.45, 2.75) is 25.9 Å². The van der Waals surface area contributed by atoms with Gasteiger partial charge in [-0.15, -0.1) is 0 Å². The van der Waals surface area contributed by atoms with Crippen molar-refractivity contribution in [1.82, 2.24) is 0 Å². The van der Waals surface area contributed by atoms with Crippen LogP contribution in [0.15, 0.2) is 48.5 Å². The molecule has 0 amide bonds. The van der Waals surface area contributed by atoms with Crippen LogP contribution < -0.4 is 9.47 Å². The number of aliphatic hydroxyl groups excluding tert-OH is 1. The van der Waals surface area contributed by atoms with Gasteiger partial charge in [0.2, 0.25) is 5.79 Å². The lowest BCUT2D eigenvalue weighted by Crippen LogP contribution is -2.14. The van der Waals surface area contributed by atoms with Crippen LogP contribution in [0.4, 0.5) is 0 Å². The maximum atomic E-state index is 9.49. The fourth-order valence-corrected chi connectivity index (χ4v) is 2.03. The fourth-order valence-electron chi connectivity index (χ4n) is 2.03. The van der Waals surface area contributed by atoms with Crippen LogP contribution in [0, 0.1) is 0 Å². The van der Waals surface area contributed by atoms with E-state index in [9.17, 15) is 5.11 Å². The lowest BCUT2D eigenvalue weighted by atomic mass is 10.2. The van der Waals surface area contributed by atoms with Crippen molar-refractivity contribution in [1.29, 1.82) is 0 Å². The predicted molar refractivity (Wildman–Crippen MR) is 78.1 cm³/mol. The zero-order valence-electron chi connectivity index (χ0n) is 11.9. The van der Waals surface area contributed by atoms with Crippen molar-refractivity contribution < 1.29 is 19.3 Å². The van der Waals surface area contributed by atoms with E-state index in [0.29, 0.717) is 30.3 Å². The van der Waals surface area contributed by atoms with E-state index in [-0.39, 0.29) is 6.61 Å². The molecule has 4 heteroatoms. The van der Waals surface area contributed by atoms with Crippen molar-refractivity contribution in [2.75, 3.05) is 6.61 Å². The second-order valence-corrected chi connectivity index (χ2v) is 5.23. The third-order valence-corrected chi connectivity index (χ3v) is 3.32. The Kier molecular flexibility index (Phi) is 3.82. The molecular formula is C17H18O4. The third-order valence-electron chi connectivity index (χ3n) is 3.32. The van der Waals surface area contributed by atoms with Crippen LogP contribution in [-0.2, 0) is 18.0 Å². The molecule has 3 rings (SSSR count). The Hall–Kier alpha value is -2.04. The molecule has 1 aliphatic rings. The monoisotopic (exact) mass is 286 g/mol. The van der Waals surface area contributed by atoms with Gasteiger partial charge in [-0.25, -0.2) is 0 Å². The number of ether oxygens (including phenoxy) is 3. The third kappa shape index (κ3) is 3.54. The standard InChI is InChI=1S/C17H18O4/c1-17(12-20-17)21-15-7-8-16(14(9-15)10-18)19-11-13-5-3-2-4-6-13/h2-9,18H,10-12H2,1H3. The molecule has 0 radical (unpaired) electrons. The van der Waals surface area contributed by atoms with E-state index in [2.05, 4.69) is 0 Å². The molecular weight excluding hydrogens is 268 g/mol. The highest BCUT2D eigenvalue weighted by Gasteiger charge is 2.42. The lowest BCUT2D eigenvalue weighted by molar-refractivity contribution is 0.0799. The molecule has 21 heavy (non-hydrogen) atoms. The van der Waals surface area contributed by atoms with Gasteiger partial charge in [0.15, 0.2) is 0 Å². The first kappa shape index (κ1) is 13.9. The van der Waals surface area contributed by atoms with E-state index < -0.39 is 5.79 Å². The summed E-state index contributed by atoms with van der Waals surface area (Å²) in [5.74, 6) is 0.820. The number of aliphatic hydroxyl groups is 1. The van der Waals surface area contributed by atoms with Crippen LogP contribution in [0.25, 0.3) is 0 Å². The highest BCUT2D eigenvalue weighted by Crippen LogP contribution is 2.32. The maximum Gasteiger partial charge on any atom is 0.231 e. The van der Waals surface area contributed by atoms with Gasteiger partial charge in [-0.1, -0.05) is 30.3 Å². The SMILES string of the molecule is CC1(Oc2ccc(OCc3ccccc3)c(CO)c2)CO1. The number of rotatable bonds is 6. The maximum absolute atomic E-state index is 9.49. The second-order valence-electron chi connectivity index (χ2n) is 5.23. The van der Waals surface area contributed by atoms with E-state index in [1.54, 1.807) is 6.07 Å². The van der Waals surface area contributed by atoms with Gasteiger partial charge in [0, 0.05) is 12.5 Å². The van der Waals surface area contributed by atoms with Crippen LogP contribution in [0.5, 0.6) is 11.5 Å². The van der Waals surface area contributed by atoms with Crippen molar-refractivity contribution in [3.05, 3.63) is 59.7 Å². The summed E-state index contributed by atoms with van der Waals surface area (Å²) in [6.45, 7) is 2.84. The normalized spacial score (nSPS) is 20.1. The molecule has 1 N–H and O–H groups in total. The Morgan fingerprint density at radius 2 is 1.95 bits per heavy atom. The summed E-state index contributed by atoms with van der Waals surface area (Å²) in [5, 5.41) is 9.49. The Morgan fingerprint density at radius 1 is 1.19 bits per heavy atom. The molecule has 0 saturated carbocycles. The lowest BCUT2D eigenvalue weighted by Gasteiger charge is -2.14. The summed E-state index contributed by atoms with van der Waals surface area (Å²) in [4.78, 5) is 0. The van der Waals surface area contributed by atoms with Gasteiger partial charge >= 0.3 is 0 Å². The predicted octanol–water partition coefficient (Wildman–Crippen LogP) is 2.88. The summed E-state index contributed by atoms with van der Waals surface area (Å²) in [6.07, 6.45) is 0. The molecule has 4 nitrogen and oxygen atoms in total. The molecule has 1 heterocycles. The largest absolute Gasteiger partial charge is 0.489 e. The molecule has 1 unspecified atom stereocenters. The van der Waals surface area contributed by atoms with Crippen molar-refractivity contribution >= 4 is 0 Å². The Balaban J connectivity index is 1.69. The van der Waals surface area contributed by atoms with Gasteiger partial charge in [0.1, 0.15) is 24.7 Å². The van der Waals surface area contributed by atoms with Gasteiger partial charge in [-0.3, -0.25) is 0 Å². The molecule has 1 aliphatic heterocycles. The first-order valence-corrected chi connectivity index (χ1v) is 6.92. The average molecular weight is 286 g/mol. The number of benzene rings is 2. The summed E-state index contributed by atoms with van der Waals surface area (Å²) >= 11 is 0. The molecule has 0 spiro atoms. The van der Waals surface area contributed by atoms with Crippen molar-refractivity contribution in [3.8, 4) is 11.5 Å². The first-order chi connectivity index (χ1) is 10.2. The first-order valence-electron chi connectivity index (χ1n) is 6.92. The fraction of sp³-hybridized carbons (Fsp3) is 0.294. The molecule has 0 aromatic heterocycles. The highest BCUT2D eigenvalue weighted by atomic mass is 16.8. The van der Waals surface area contributed by atoms with Crippen LogP contribution in [-0.4, -0.2) is 17.5 Å². The molecule has 2 aromatic rings. The van der Waals surface area contributed by atoms with Crippen molar-refractivity contribution in [3.63, 3.8) is 0 Å². The van der Waals surface area contributed by atoms with E-state index in [1.807, 2.05) is 49.4 Å². The second kappa shape index (κ2) is 5.76. The zero-order chi connectivity index (χ0) is 14.7. The van der Waals surface area contributed by atoms with E-state index in [4.69, 9.17) is 14.2 Å². The summed E-state index contributed by atoms with van der Waals surface area (Å²) in [5.41, 5.74) is 1.79. The van der Waals surface area contributed by atoms with Crippen LogP contribution >= 0.6 is 0 Å². The zero-order valence-corrected chi connectivity index (χ0v) is 11.9. The minimum Gasteiger partial charge on any atom is -0.489 e. The number of hydrogen-bond donors (Lipinski definition) is 1. The van der Waals surface area contributed by atoms with Crippen molar-refractivity contribution in [2.24, 2.45) is 0 Å². The topological polar surface area (TPSA) is 51.2 Å². The Morgan fingerprint density at radius 3 is 2.62 bits per heavy atom. The Bertz CT molecular complexity index is 605. The summed E-state index contributed by atoms with van der Waals surface area (Å²) in [6, 6.07) is 15.3. The summed E-state index contributed by atoms with van der Waals surface area (Å²) < 4.78 is 16.6. The van der Waals surface area contributed by atoms with Gasteiger partial charge < -0.3 is 19.3 Å². The van der Waals surface area contributed by atoms with Gasteiger partial charge in [0.25, 0.3) is 0 Å². The average Bonchev–Trinajstić information content (AvgIpc) is 3.24. The number of epoxide rings is 1. The molecule has 110 valence electrons. The molecule has 1 fully saturated rings. The smallest absolute Gasteiger partial charge is 0.231 e. The quantitative estimate of drug-likeness (QED) is 0.830. The minimum absolute atomic E-state index is 0.0983. The van der Waals surface area contributed by atoms with Gasteiger partial charge in [0.05, 0.1) is 6.61 Å². The van der Waals surface area contributed by atoms with E-state index >= 15 is 0 Å². The molecule has 1 saturated heterocycles. The molecule has 0 bridgehead atoms. The van der Waals surface area contributed by atoms with Gasteiger partial charge in [-0.2, -0.15) is 0 Å².